The van der Waals surface area contributed by atoms with Gasteiger partial charge in [0.1, 0.15) is 5.60 Å². The lowest BCUT2D eigenvalue weighted by Crippen LogP contribution is -2.33. The zero-order chi connectivity index (χ0) is 19.1. The van der Waals surface area contributed by atoms with E-state index in [-0.39, 0.29) is 0 Å². The van der Waals surface area contributed by atoms with Gasteiger partial charge < -0.3 is 14.7 Å². The van der Waals surface area contributed by atoms with E-state index in [1.807, 2.05) is 36.4 Å². The molecule has 0 spiro atoms. The van der Waals surface area contributed by atoms with Crippen molar-refractivity contribution in [3.8, 4) is 0 Å². The highest BCUT2D eigenvalue weighted by Gasteiger charge is 2.52. The second-order valence-electron chi connectivity index (χ2n) is 7.61. The molecule has 4 rings (SSSR count). The smallest absolute Gasteiger partial charge is 0.191 e. The fraction of sp³-hybridized carbons (Fsp3) is 0.250. The topological polar surface area (TPSA) is 32.7 Å². The van der Waals surface area contributed by atoms with Crippen LogP contribution in [0.3, 0.4) is 0 Å². The maximum atomic E-state index is 11.0. The summed E-state index contributed by atoms with van der Waals surface area (Å²) in [5.41, 5.74) is 4.23. The second-order valence-corrected chi connectivity index (χ2v) is 7.61. The number of aliphatic hydroxyl groups is 1. The molecule has 1 aliphatic rings. The van der Waals surface area contributed by atoms with E-state index in [1.54, 1.807) is 6.92 Å². The van der Waals surface area contributed by atoms with Crippen LogP contribution in [0.1, 0.15) is 34.7 Å². The summed E-state index contributed by atoms with van der Waals surface area (Å²) >= 11 is 0. The van der Waals surface area contributed by atoms with Gasteiger partial charge in [-0.25, -0.2) is 0 Å². The van der Waals surface area contributed by atoms with Crippen LogP contribution in [0.2, 0.25) is 0 Å². The molecule has 1 heterocycles. The summed E-state index contributed by atoms with van der Waals surface area (Å²) in [6.45, 7) is 2.60. The molecule has 1 aliphatic heterocycles. The Bertz CT molecular complexity index is 932. The monoisotopic (exact) mass is 359 g/mol. The predicted octanol–water partition coefficient (Wildman–Crippen LogP) is 4.24. The van der Waals surface area contributed by atoms with Gasteiger partial charge in [-0.15, -0.1) is 0 Å². The summed E-state index contributed by atoms with van der Waals surface area (Å²) in [5, 5.41) is 11.0. The third-order valence-corrected chi connectivity index (χ3v) is 5.20. The third kappa shape index (κ3) is 2.98. The summed E-state index contributed by atoms with van der Waals surface area (Å²) in [6.07, 6.45) is 0. The zero-order valence-corrected chi connectivity index (χ0v) is 16.0. The molecule has 3 aromatic rings. The molecule has 2 atom stereocenters. The molecule has 1 N–H and O–H groups in total. The van der Waals surface area contributed by atoms with Gasteiger partial charge in [0, 0.05) is 17.7 Å². The molecule has 0 amide bonds. The maximum Gasteiger partial charge on any atom is 0.191 e. The van der Waals surface area contributed by atoms with E-state index >= 15 is 0 Å². The van der Waals surface area contributed by atoms with Crippen molar-refractivity contribution in [1.29, 1.82) is 0 Å². The summed E-state index contributed by atoms with van der Waals surface area (Å²) in [4.78, 5) is 2.15. The van der Waals surface area contributed by atoms with Crippen LogP contribution in [0, 0.1) is 0 Å². The number of rotatable bonds is 4. The summed E-state index contributed by atoms with van der Waals surface area (Å²) in [5.74, 6) is -1.35. The lowest BCUT2D eigenvalue weighted by atomic mass is 9.79. The van der Waals surface area contributed by atoms with Crippen molar-refractivity contribution in [2.24, 2.45) is 0 Å². The van der Waals surface area contributed by atoms with E-state index in [9.17, 15) is 5.11 Å². The molecule has 0 bridgehead atoms. The quantitative estimate of drug-likeness (QED) is 0.756. The number of nitrogens with zero attached hydrogens (tertiary/aromatic N) is 1. The molecule has 0 aromatic heterocycles. The van der Waals surface area contributed by atoms with E-state index in [0.29, 0.717) is 0 Å². The van der Waals surface area contributed by atoms with Crippen molar-refractivity contribution < 1.29 is 9.84 Å². The van der Waals surface area contributed by atoms with E-state index < -0.39 is 11.4 Å². The minimum Gasteiger partial charge on any atom is -0.362 e. The first-order valence-electron chi connectivity index (χ1n) is 9.26. The molecular formula is C24H25NO2. The Hall–Kier alpha value is -2.46. The Kier molecular flexibility index (Phi) is 4.39. The Balaban J connectivity index is 1.93. The minimum atomic E-state index is -1.35. The number of hydrogen-bond acceptors (Lipinski definition) is 3. The Morgan fingerprint density at radius 2 is 1.33 bits per heavy atom. The molecule has 0 aliphatic carbocycles. The van der Waals surface area contributed by atoms with Crippen molar-refractivity contribution in [3.05, 3.63) is 107 Å². The molecule has 27 heavy (non-hydrogen) atoms. The lowest BCUT2D eigenvalue weighted by molar-refractivity contribution is -0.225. The van der Waals surface area contributed by atoms with Crippen LogP contribution in [0.4, 0.5) is 0 Å². The molecule has 0 saturated heterocycles. The largest absolute Gasteiger partial charge is 0.362 e. The highest BCUT2D eigenvalue weighted by Crippen LogP contribution is 2.52. The lowest BCUT2D eigenvalue weighted by Gasteiger charge is -2.33. The maximum absolute atomic E-state index is 11.0. The van der Waals surface area contributed by atoms with Gasteiger partial charge in [-0.2, -0.15) is 0 Å². The van der Waals surface area contributed by atoms with Crippen molar-refractivity contribution in [1.82, 2.24) is 4.90 Å². The fourth-order valence-electron chi connectivity index (χ4n) is 4.08. The summed E-state index contributed by atoms with van der Waals surface area (Å²) in [7, 11) is 4.12. The molecule has 0 saturated carbocycles. The highest BCUT2D eigenvalue weighted by molar-refractivity contribution is 5.54. The Morgan fingerprint density at radius 3 is 1.96 bits per heavy atom. The summed E-state index contributed by atoms with van der Waals surface area (Å²) < 4.78 is 6.45. The van der Waals surface area contributed by atoms with E-state index in [4.69, 9.17) is 4.74 Å². The van der Waals surface area contributed by atoms with Gasteiger partial charge in [-0.05, 0) is 37.7 Å². The van der Waals surface area contributed by atoms with E-state index in [0.717, 1.165) is 28.8 Å². The average molecular weight is 359 g/mol. The van der Waals surface area contributed by atoms with Crippen LogP contribution in [0.15, 0.2) is 78.9 Å². The Morgan fingerprint density at radius 1 is 0.778 bits per heavy atom. The Labute approximate surface area is 160 Å². The van der Waals surface area contributed by atoms with Gasteiger partial charge in [0.05, 0.1) is 0 Å². The van der Waals surface area contributed by atoms with Gasteiger partial charge in [0.25, 0.3) is 0 Å². The van der Waals surface area contributed by atoms with Gasteiger partial charge in [-0.3, -0.25) is 0 Å². The number of fused-ring (bicyclic) bond motifs is 1. The van der Waals surface area contributed by atoms with Crippen LogP contribution in [-0.4, -0.2) is 24.1 Å². The number of benzene rings is 3. The zero-order valence-electron chi connectivity index (χ0n) is 16.0. The van der Waals surface area contributed by atoms with Crippen molar-refractivity contribution in [2.45, 2.75) is 24.9 Å². The molecule has 3 heteroatoms. The molecular weight excluding hydrogens is 334 g/mol. The standard InChI is InChI=1S/C24H25NO2/c1-23(26)21-11-7-8-12-22(21)24(27-23,19-9-5-4-6-10-19)20-15-13-18(14-16-20)17-25(2)3/h4-16,26H,17H2,1-3H3/t23-,24+/m0/s1. The second kappa shape index (κ2) is 6.61. The summed E-state index contributed by atoms with van der Waals surface area (Å²) in [6, 6.07) is 26.6. The predicted molar refractivity (Wildman–Crippen MR) is 107 cm³/mol. The van der Waals surface area contributed by atoms with Crippen LogP contribution in [0.5, 0.6) is 0 Å². The molecule has 0 fully saturated rings. The van der Waals surface area contributed by atoms with Crippen LogP contribution >= 0.6 is 0 Å². The molecule has 3 aromatic carbocycles. The minimum absolute atomic E-state index is 0.811. The van der Waals surface area contributed by atoms with Gasteiger partial charge in [0.2, 0.25) is 0 Å². The first-order valence-corrected chi connectivity index (χ1v) is 9.26. The van der Waals surface area contributed by atoms with E-state index in [2.05, 4.69) is 61.5 Å². The molecule has 138 valence electrons. The van der Waals surface area contributed by atoms with Gasteiger partial charge in [-0.1, -0.05) is 78.9 Å². The normalized spacial score (nSPS) is 24.2. The number of hydrogen-bond donors (Lipinski definition) is 1. The fourth-order valence-corrected chi connectivity index (χ4v) is 4.08. The molecule has 0 unspecified atom stereocenters. The molecule has 0 radical (unpaired) electrons. The van der Waals surface area contributed by atoms with Crippen LogP contribution < -0.4 is 0 Å². The molecule has 3 nitrogen and oxygen atoms in total. The van der Waals surface area contributed by atoms with Gasteiger partial charge in [0.15, 0.2) is 5.79 Å². The van der Waals surface area contributed by atoms with Gasteiger partial charge >= 0.3 is 0 Å². The van der Waals surface area contributed by atoms with E-state index in [1.165, 1.54) is 5.56 Å². The SMILES string of the molecule is CN(C)Cc1ccc([C@@]2(c3ccccc3)O[C@](C)(O)c3ccccc32)cc1. The van der Waals surface area contributed by atoms with Crippen molar-refractivity contribution in [2.75, 3.05) is 14.1 Å². The third-order valence-electron chi connectivity index (χ3n) is 5.20. The van der Waals surface area contributed by atoms with Crippen molar-refractivity contribution >= 4 is 0 Å². The van der Waals surface area contributed by atoms with Crippen LogP contribution in [0.25, 0.3) is 0 Å². The number of ether oxygens (including phenoxy) is 1. The van der Waals surface area contributed by atoms with Crippen LogP contribution in [-0.2, 0) is 22.7 Å². The average Bonchev–Trinajstić information content (AvgIpc) is 2.92. The first kappa shape index (κ1) is 17.9. The van der Waals surface area contributed by atoms with Crippen molar-refractivity contribution in [3.63, 3.8) is 0 Å². The first-order chi connectivity index (χ1) is 12.9. The highest BCUT2D eigenvalue weighted by atomic mass is 16.6.